The summed E-state index contributed by atoms with van der Waals surface area (Å²) in [5, 5.41) is 12.3. The molecule has 0 aliphatic heterocycles. The molecule has 32 heavy (non-hydrogen) atoms. The number of anilines is 1. The van der Waals surface area contributed by atoms with Crippen LogP contribution in [-0.2, 0) is 11.2 Å². The zero-order valence-corrected chi connectivity index (χ0v) is 19.9. The average Bonchev–Trinajstić information content (AvgIpc) is 2.76. The fourth-order valence-electron chi connectivity index (χ4n) is 3.17. The zero-order chi connectivity index (χ0) is 23.1. The molecule has 0 aliphatic carbocycles. The number of nitrogens with zero attached hydrogens (tertiary/aromatic N) is 1. The van der Waals surface area contributed by atoms with Gasteiger partial charge in [-0.2, -0.15) is 5.26 Å². The Kier molecular flexibility index (Phi) is 8.01. The standard InChI is InChI=1S/C26H22FIN2O2/c1-3-32-25-15-19(14-24(28)23(25)13-18-5-4-6-21(27)12-18)11-20(16-29)26(31)30-22-9-7-17(2)8-10-22/h4-12,14-15H,3,13H2,1-2H3,(H,30,31)/b20-11+. The first-order chi connectivity index (χ1) is 15.4. The molecular weight excluding hydrogens is 518 g/mol. The van der Waals surface area contributed by atoms with Gasteiger partial charge >= 0.3 is 0 Å². The number of aryl methyl sites for hydroxylation is 1. The van der Waals surface area contributed by atoms with Crippen molar-refractivity contribution in [3.8, 4) is 11.8 Å². The van der Waals surface area contributed by atoms with Crippen molar-refractivity contribution < 1.29 is 13.9 Å². The lowest BCUT2D eigenvalue weighted by Crippen LogP contribution is -2.13. The third-order valence-corrected chi connectivity index (χ3v) is 5.69. The van der Waals surface area contributed by atoms with E-state index in [9.17, 15) is 14.4 Å². The van der Waals surface area contributed by atoms with Crippen molar-refractivity contribution in [1.82, 2.24) is 0 Å². The van der Waals surface area contributed by atoms with Crippen LogP contribution in [0.3, 0.4) is 0 Å². The van der Waals surface area contributed by atoms with Crippen LogP contribution in [-0.4, -0.2) is 12.5 Å². The summed E-state index contributed by atoms with van der Waals surface area (Å²) in [6, 6.07) is 19.5. The second kappa shape index (κ2) is 10.9. The van der Waals surface area contributed by atoms with Gasteiger partial charge in [-0.1, -0.05) is 29.8 Å². The van der Waals surface area contributed by atoms with Crippen LogP contribution < -0.4 is 10.1 Å². The van der Waals surface area contributed by atoms with Crippen LogP contribution >= 0.6 is 22.6 Å². The molecule has 0 saturated heterocycles. The zero-order valence-electron chi connectivity index (χ0n) is 17.8. The molecule has 162 valence electrons. The van der Waals surface area contributed by atoms with Crippen molar-refractivity contribution in [2.75, 3.05) is 11.9 Å². The highest BCUT2D eigenvalue weighted by molar-refractivity contribution is 14.1. The van der Waals surface area contributed by atoms with Crippen LogP contribution in [0.5, 0.6) is 5.75 Å². The van der Waals surface area contributed by atoms with E-state index in [2.05, 4.69) is 27.9 Å². The topological polar surface area (TPSA) is 62.1 Å². The number of rotatable bonds is 7. The smallest absolute Gasteiger partial charge is 0.266 e. The number of carbonyl (C=O) groups excluding carboxylic acids is 1. The molecule has 0 radical (unpaired) electrons. The Balaban J connectivity index is 1.90. The largest absolute Gasteiger partial charge is 0.494 e. The quantitative estimate of drug-likeness (QED) is 0.218. The van der Waals surface area contributed by atoms with Gasteiger partial charge in [-0.25, -0.2) is 4.39 Å². The highest BCUT2D eigenvalue weighted by Crippen LogP contribution is 2.30. The first-order valence-corrected chi connectivity index (χ1v) is 11.2. The van der Waals surface area contributed by atoms with E-state index in [0.29, 0.717) is 30.0 Å². The number of hydrogen-bond acceptors (Lipinski definition) is 3. The van der Waals surface area contributed by atoms with Gasteiger partial charge in [-0.15, -0.1) is 0 Å². The van der Waals surface area contributed by atoms with Crippen LogP contribution in [0.1, 0.15) is 29.2 Å². The van der Waals surface area contributed by atoms with E-state index in [-0.39, 0.29) is 11.4 Å². The number of ether oxygens (including phenoxy) is 1. The third-order valence-electron chi connectivity index (χ3n) is 4.73. The minimum Gasteiger partial charge on any atom is -0.494 e. The summed E-state index contributed by atoms with van der Waals surface area (Å²) >= 11 is 2.20. The molecular formula is C26H22FIN2O2. The molecule has 0 fully saturated rings. The molecule has 6 heteroatoms. The van der Waals surface area contributed by atoms with Gasteiger partial charge in [0.1, 0.15) is 23.2 Å². The van der Waals surface area contributed by atoms with Crippen molar-refractivity contribution in [3.63, 3.8) is 0 Å². The minimum atomic E-state index is -0.479. The van der Waals surface area contributed by atoms with E-state index >= 15 is 0 Å². The van der Waals surface area contributed by atoms with E-state index in [1.807, 2.05) is 44.2 Å². The predicted octanol–water partition coefficient (Wildman–Crippen LogP) is 6.27. The van der Waals surface area contributed by atoms with E-state index < -0.39 is 5.91 Å². The molecule has 4 nitrogen and oxygen atoms in total. The number of hydrogen-bond donors (Lipinski definition) is 1. The third kappa shape index (κ3) is 6.17. The summed E-state index contributed by atoms with van der Waals surface area (Å²) in [5.41, 5.74) is 4.13. The van der Waals surface area contributed by atoms with Gasteiger partial charge in [0.25, 0.3) is 5.91 Å². The lowest BCUT2D eigenvalue weighted by Gasteiger charge is -2.14. The molecule has 0 heterocycles. The Bertz CT molecular complexity index is 1200. The number of halogens is 2. The molecule has 1 N–H and O–H groups in total. The molecule has 0 saturated carbocycles. The molecule has 0 unspecified atom stereocenters. The van der Waals surface area contributed by atoms with E-state index in [4.69, 9.17) is 4.74 Å². The Morgan fingerprint density at radius 2 is 1.94 bits per heavy atom. The molecule has 0 atom stereocenters. The Hall–Kier alpha value is -3.18. The average molecular weight is 540 g/mol. The Labute approximate surface area is 200 Å². The summed E-state index contributed by atoms with van der Waals surface area (Å²) < 4.78 is 20.3. The molecule has 0 aromatic heterocycles. The fourth-order valence-corrected chi connectivity index (χ4v) is 3.99. The SMILES string of the molecule is CCOc1cc(/C=C(\C#N)C(=O)Nc2ccc(C)cc2)cc(I)c1Cc1cccc(F)c1. The highest BCUT2D eigenvalue weighted by Gasteiger charge is 2.14. The summed E-state index contributed by atoms with van der Waals surface area (Å²) in [6.07, 6.45) is 2.05. The predicted molar refractivity (Wildman–Crippen MR) is 133 cm³/mol. The maximum Gasteiger partial charge on any atom is 0.266 e. The minimum absolute atomic E-state index is 0.0123. The van der Waals surface area contributed by atoms with Gasteiger partial charge in [-0.3, -0.25) is 4.79 Å². The first-order valence-electron chi connectivity index (χ1n) is 10.1. The van der Waals surface area contributed by atoms with Gasteiger partial charge < -0.3 is 10.1 Å². The molecule has 3 aromatic carbocycles. The lowest BCUT2D eigenvalue weighted by atomic mass is 10.0. The molecule has 0 bridgehead atoms. The second-order valence-electron chi connectivity index (χ2n) is 7.21. The second-order valence-corrected chi connectivity index (χ2v) is 8.37. The molecule has 3 rings (SSSR count). The van der Waals surface area contributed by atoms with Gasteiger partial charge in [0.15, 0.2) is 0 Å². The van der Waals surface area contributed by atoms with E-state index in [0.717, 1.165) is 20.3 Å². The van der Waals surface area contributed by atoms with Crippen LogP contribution in [0.4, 0.5) is 10.1 Å². The number of nitriles is 1. The van der Waals surface area contributed by atoms with Crippen molar-refractivity contribution in [2.45, 2.75) is 20.3 Å². The van der Waals surface area contributed by atoms with Gasteiger partial charge in [-0.05, 0) is 90.0 Å². The highest BCUT2D eigenvalue weighted by atomic mass is 127. The van der Waals surface area contributed by atoms with Gasteiger partial charge in [0, 0.05) is 21.2 Å². The molecule has 0 aliphatic rings. The Morgan fingerprint density at radius 1 is 1.19 bits per heavy atom. The first kappa shape index (κ1) is 23.5. The normalized spacial score (nSPS) is 11.0. The summed E-state index contributed by atoms with van der Waals surface area (Å²) in [7, 11) is 0. The maximum absolute atomic E-state index is 13.6. The van der Waals surface area contributed by atoms with E-state index in [1.165, 1.54) is 12.1 Å². The lowest BCUT2D eigenvalue weighted by molar-refractivity contribution is -0.112. The number of nitrogens with one attached hydrogen (secondary N) is 1. The molecule has 3 aromatic rings. The number of carbonyl (C=O) groups is 1. The van der Waals surface area contributed by atoms with Crippen molar-refractivity contribution in [3.05, 3.63) is 97.9 Å². The maximum atomic E-state index is 13.6. The number of benzene rings is 3. The molecule has 1 amide bonds. The number of amides is 1. The fraction of sp³-hybridized carbons (Fsp3) is 0.154. The summed E-state index contributed by atoms with van der Waals surface area (Å²) in [4.78, 5) is 12.6. The van der Waals surface area contributed by atoms with Gasteiger partial charge in [0.05, 0.1) is 6.61 Å². The molecule has 0 spiro atoms. The summed E-state index contributed by atoms with van der Waals surface area (Å²) in [5.74, 6) is -0.118. The van der Waals surface area contributed by atoms with Gasteiger partial charge in [0.2, 0.25) is 0 Å². The Morgan fingerprint density at radius 3 is 2.59 bits per heavy atom. The van der Waals surface area contributed by atoms with Crippen LogP contribution in [0.25, 0.3) is 6.08 Å². The van der Waals surface area contributed by atoms with Crippen LogP contribution in [0.2, 0.25) is 0 Å². The van der Waals surface area contributed by atoms with Crippen LogP contribution in [0, 0.1) is 27.6 Å². The summed E-state index contributed by atoms with van der Waals surface area (Å²) in [6.45, 7) is 4.30. The van der Waals surface area contributed by atoms with Crippen molar-refractivity contribution >= 4 is 40.3 Å². The van der Waals surface area contributed by atoms with Crippen molar-refractivity contribution in [2.24, 2.45) is 0 Å². The van der Waals surface area contributed by atoms with Crippen LogP contribution in [0.15, 0.2) is 66.2 Å². The monoisotopic (exact) mass is 540 g/mol. The van der Waals surface area contributed by atoms with Crippen molar-refractivity contribution in [1.29, 1.82) is 5.26 Å². The van der Waals surface area contributed by atoms with E-state index in [1.54, 1.807) is 30.3 Å².